The third-order valence-corrected chi connectivity index (χ3v) is 6.88. The Balaban J connectivity index is 1.59. The summed E-state index contributed by atoms with van der Waals surface area (Å²) in [6.45, 7) is 1.40. The maximum atomic E-state index is 9.78. The average Bonchev–Trinajstić information content (AvgIpc) is 3.33. The van der Waals surface area contributed by atoms with E-state index in [1.54, 1.807) is 18.0 Å². The molecule has 0 spiro atoms. The fourth-order valence-corrected chi connectivity index (χ4v) is 4.63. The van der Waals surface area contributed by atoms with Gasteiger partial charge < -0.3 is 19.9 Å². The van der Waals surface area contributed by atoms with Gasteiger partial charge in [-0.1, -0.05) is 18.2 Å². The van der Waals surface area contributed by atoms with Crippen LogP contribution in [0.3, 0.4) is 0 Å². The summed E-state index contributed by atoms with van der Waals surface area (Å²) in [5.74, 6) is 0.950. The highest BCUT2D eigenvalue weighted by Gasteiger charge is 2.23. The van der Waals surface area contributed by atoms with Crippen LogP contribution in [0.1, 0.15) is 48.1 Å². The SMILES string of the molecule is CSc1ccc(C(CC2CCOCC2)c2ccc(-c3ccc(C(O)CO)cn3)[nH]2)cc1. The summed E-state index contributed by atoms with van der Waals surface area (Å²) in [6, 6.07) is 16.8. The largest absolute Gasteiger partial charge is 0.393 e. The fraction of sp³-hybridized carbons (Fsp3) is 0.400. The van der Waals surface area contributed by atoms with Crippen molar-refractivity contribution in [2.75, 3.05) is 26.1 Å². The van der Waals surface area contributed by atoms with Gasteiger partial charge in [0.15, 0.2) is 0 Å². The molecule has 3 aromatic rings. The highest BCUT2D eigenvalue weighted by Crippen LogP contribution is 2.36. The second kappa shape index (κ2) is 10.5. The van der Waals surface area contributed by atoms with Gasteiger partial charge in [-0.05, 0) is 67.3 Å². The number of aromatic nitrogens is 2. The molecular formula is C25H30N2O3S. The van der Waals surface area contributed by atoms with Crippen LogP contribution < -0.4 is 0 Å². The minimum atomic E-state index is -0.895. The summed E-state index contributed by atoms with van der Waals surface area (Å²) >= 11 is 1.76. The van der Waals surface area contributed by atoms with E-state index in [9.17, 15) is 5.11 Å². The molecule has 0 saturated carbocycles. The second-order valence-corrected chi connectivity index (χ2v) is 9.00. The number of ether oxygens (including phenoxy) is 1. The van der Waals surface area contributed by atoms with E-state index in [4.69, 9.17) is 9.84 Å². The van der Waals surface area contributed by atoms with Crippen molar-refractivity contribution >= 4 is 11.8 Å². The van der Waals surface area contributed by atoms with Crippen LogP contribution in [0.4, 0.5) is 0 Å². The first-order chi connectivity index (χ1) is 15.2. The zero-order chi connectivity index (χ0) is 21.6. The predicted octanol–water partition coefficient (Wildman–Crippen LogP) is 4.77. The van der Waals surface area contributed by atoms with Crippen molar-refractivity contribution in [1.82, 2.24) is 9.97 Å². The zero-order valence-electron chi connectivity index (χ0n) is 17.8. The van der Waals surface area contributed by atoms with Crippen molar-refractivity contribution in [3.8, 4) is 11.4 Å². The summed E-state index contributed by atoms with van der Waals surface area (Å²) in [5.41, 5.74) is 4.91. The van der Waals surface area contributed by atoms with E-state index in [0.717, 1.165) is 43.9 Å². The van der Waals surface area contributed by atoms with Crippen molar-refractivity contribution in [2.24, 2.45) is 5.92 Å². The average molecular weight is 439 g/mol. The lowest BCUT2D eigenvalue weighted by atomic mass is 9.83. The number of hydrogen-bond donors (Lipinski definition) is 3. The van der Waals surface area contributed by atoms with E-state index in [-0.39, 0.29) is 6.61 Å². The van der Waals surface area contributed by atoms with E-state index >= 15 is 0 Å². The van der Waals surface area contributed by atoms with Crippen molar-refractivity contribution in [1.29, 1.82) is 0 Å². The Morgan fingerprint density at radius 2 is 1.81 bits per heavy atom. The van der Waals surface area contributed by atoms with Gasteiger partial charge in [0.25, 0.3) is 0 Å². The Morgan fingerprint density at radius 1 is 1.06 bits per heavy atom. The molecule has 0 amide bonds. The highest BCUT2D eigenvalue weighted by molar-refractivity contribution is 7.98. The van der Waals surface area contributed by atoms with E-state index in [1.165, 1.54) is 16.2 Å². The molecule has 2 aromatic heterocycles. The summed E-state index contributed by atoms with van der Waals surface area (Å²) < 4.78 is 5.57. The molecule has 1 saturated heterocycles. The first kappa shape index (κ1) is 22.1. The Kier molecular flexibility index (Phi) is 7.45. The van der Waals surface area contributed by atoms with Crippen LogP contribution in [-0.4, -0.2) is 46.3 Å². The number of rotatable bonds is 8. The van der Waals surface area contributed by atoms with Gasteiger partial charge in [0, 0.05) is 41.5 Å². The summed E-state index contributed by atoms with van der Waals surface area (Å²) in [7, 11) is 0. The molecule has 0 bridgehead atoms. The molecule has 5 nitrogen and oxygen atoms in total. The first-order valence-electron chi connectivity index (χ1n) is 10.8. The third kappa shape index (κ3) is 5.39. The zero-order valence-corrected chi connectivity index (χ0v) is 18.6. The van der Waals surface area contributed by atoms with Gasteiger partial charge in [0.2, 0.25) is 0 Å². The van der Waals surface area contributed by atoms with E-state index in [2.05, 4.69) is 52.6 Å². The van der Waals surface area contributed by atoms with Gasteiger partial charge in [-0.2, -0.15) is 0 Å². The molecule has 2 atom stereocenters. The minimum Gasteiger partial charge on any atom is -0.393 e. The number of hydrogen-bond acceptors (Lipinski definition) is 5. The van der Waals surface area contributed by atoms with Gasteiger partial charge in [-0.25, -0.2) is 0 Å². The molecule has 31 heavy (non-hydrogen) atoms. The van der Waals surface area contributed by atoms with E-state index in [1.807, 2.05) is 12.1 Å². The molecule has 3 N–H and O–H groups in total. The number of nitrogens with one attached hydrogen (secondary N) is 1. The maximum absolute atomic E-state index is 9.78. The maximum Gasteiger partial charge on any atom is 0.104 e. The van der Waals surface area contributed by atoms with Crippen LogP contribution >= 0.6 is 11.8 Å². The Labute approximate surface area is 187 Å². The van der Waals surface area contributed by atoms with Gasteiger partial charge in [0.1, 0.15) is 6.10 Å². The molecule has 0 radical (unpaired) electrons. The monoisotopic (exact) mass is 438 g/mol. The minimum absolute atomic E-state index is 0.295. The lowest BCUT2D eigenvalue weighted by Gasteiger charge is -2.27. The van der Waals surface area contributed by atoms with Crippen LogP contribution in [0.15, 0.2) is 59.6 Å². The summed E-state index contributed by atoms with van der Waals surface area (Å²) in [4.78, 5) is 9.35. The topological polar surface area (TPSA) is 78.4 Å². The van der Waals surface area contributed by atoms with Crippen LogP contribution in [0, 0.1) is 5.92 Å². The molecule has 0 aliphatic carbocycles. The fourth-order valence-electron chi connectivity index (χ4n) is 4.23. The lowest BCUT2D eigenvalue weighted by molar-refractivity contribution is 0.0626. The summed E-state index contributed by atoms with van der Waals surface area (Å²) in [6.07, 6.45) is 6.15. The first-order valence-corrected chi connectivity index (χ1v) is 12.1. The number of pyridine rings is 1. The normalized spacial score (nSPS) is 16.9. The van der Waals surface area contributed by atoms with Gasteiger partial charge >= 0.3 is 0 Å². The number of thioether (sulfide) groups is 1. The number of benzene rings is 1. The Morgan fingerprint density at radius 3 is 2.45 bits per heavy atom. The van der Waals surface area contributed by atoms with Crippen LogP contribution in [0.5, 0.6) is 0 Å². The van der Waals surface area contributed by atoms with E-state index < -0.39 is 6.10 Å². The predicted molar refractivity (Wildman–Crippen MR) is 124 cm³/mol. The van der Waals surface area contributed by atoms with Crippen molar-refractivity contribution in [3.63, 3.8) is 0 Å². The standard InChI is InChI=1S/C25H30N2O3S/c1-31-20-5-2-18(3-6-20)21(14-17-10-12-30-13-11-17)22-8-9-24(27-22)23-7-4-19(15-26-23)25(29)16-28/h2-9,15,17,21,25,27-29H,10-14,16H2,1H3. The summed E-state index contributed by atoms with van der Waals surface area (Å²) in [5, 5.41) is 18.9. The molecular weight excluding hydrogens is 408 g/mol. The van der Waals surface area contributed by atoms with Gasteiger partial charge in [0.05, 0.1) is 18.0 Å². The number of aliphatic hydroxyl groups is 2. The van der Waals surface area contributed by atoms with Crippen LogP contribution in [0.2, 0.25) is 0 Å². The van der Waals surface area contributed by atoms with Gasteiger partial charge in [-0.15, -0.1) is 11.8 Å². The molecule has 1 aromatic carbocycles. The van der Waals surface area contributed by atoms with Crippen molar-refractivity contribution in [3.05, 3.63) is 71.5 Å². The number of nitrogens with zero attached hydrogens (tertiary/aromatic N) is 1. The quantitative estimate of drug-likeness (QED) is 0.442. The van der Waals surface area contributed by atoms with Crippen molar-refractivity contribution < 1.29 is 14.9 Å². The Hall–Kier alpha value is -2.12. The van der Waals surface area contributed by atoms with Gasteiger partial charge in [-0.3, -0.25) is 4.98 Å². The third-order valence-electron chi connectivity index (χ3n) is 6.13. The molecule has 164 valence electrons. The van der Waals surface area contributed by atoms with Crippen LogP contribution in [-0.2, 0) is 4.74 Å². The number of H-pyrrole nitrogens is 1. The molecule has 6 heteroatoms. The molecule has 2 unspecified atom stereocenters. The molecule has 1 aliphatic rings. The molecule has 3 heterocycles. The van der Waals surface area contributed by atoms with E-state index in [0.29, 0.717) is 17.4 Å². The number of aliphatic hydroxyl groups excluding tert-OH is 2. The smallest absolute Gasteiger partial charge is 0.104 e. The number of aromatic amines is 1. The molecule has 4 rings (SSSR count). The van der Waals surface area contributed by atoms with Crippen molar-refractivity contribution in [2.45, 2.75) is 36.2 Å². The highest BCUT2D eigenvalue weighted by atomic mass is 32.2. The Bertz CT molecular complexity index is 950. The lowest BCUT2D eigenvalue weighted by Crippen LogP contribution is -2.18. The molecule has 1 fully saturated rings. The van der Waals surface area contributed by atoms with Crippen LogP contribution in [0.25, 0.3) is 11.4 Å². The molecule has 1 aliphatic heterocycles. The second-order valence-electron chi connectivity index (χ2n) is 8.12.